The number of benzene rings is 1. The zero-order valence-corrected chi connectivity index (χ0v) is 15.5. The molecule has 1 heterocycles. The Hall–Kier alpha value is -0.985. The Morgan fingerprint density at radius 1 is 1.32 bits per heavy atom. The van der Waals surface area contributed by atoms with E-state index in [9.17, 15) is 9.90 Å². The molecule has 0 aromatic heterocycles. The maximum Gasteiger partial charge on any atom is 0.451 e. The van der Waals surface area contributed by atoms with Crippen LogP contribution in [0, 0.1) is 5.92 Å². The van der Waals surface area contributed by atoms with Gasteiger partial charge in [0, 0.05) is 29.7 Å². The Bertz CT molecular complexity index is 562. The molecule has 1 aromatic carbocycles. The summed E-state index contributed by atoms with van der Waals surface area (Å²) in [6.07, 6.45) is 2.37. The number of unbranched alkanes of at least 4 members (excludes halogenated alkanes) is 1. The number of hydrogen-bond donors (Lipinski definition) is 4. The molecule has 6 nitrogen and oxygen atoms in total. The number of carboxylic acid groups (broad SMARTS) is 1. The third kappa shape index (κ3) is 5.76. The molecule has 1 saturated heterocycles. The van der Waals surface area contributed by atoms with Gasteiger partial charge in [0.2, 0.25) is 0 Å². The van der Waals surface area contributed by atoms with Crippen LogP contribution < -0.4 is 10.6 Å². The van der Waals surface area contributed by atoms with Crippen LogP contribution in [0.15, 0.2) is 24.3 Å². The van der Waals surface area contributed by atoms with E-state index in [1.807, 2.05) is 24.3 Å². The first-order valence-corrected chi connectivity index (χ1v) is 8.59. The van der Waals surface area contributed by atoms with Gasteiger partial charge in [0.05, 0.1) is 0 Å². The third-order valence-electron chi connectivity index (χ3n) is 4.81. The second kappa shape index (κ2) is 9.64. The summed E-state index contributed by atoms with van der Waals surface area (Å²) in [6.45, 7) is 1.35. The van der Waals surface area contributed by atoms with Crippen LogP contribution in [0.5, 0.6) is 0 Å². The fourth-order valence-corrected chi connectivity index (χ4v) is 3.42. The Labute approximate surface area is 159 Å². The monoisotopic (exact) mass is 390 g/mol. The highest BCUT2D eigenvalue weighted by Crippen LogP contribution is 2.33. The van der Waals surface area contributed by atoms with Crippen LogP contribution >= 0.6 is 24.0 Å². The van der Waals surface area contributed by atoms with Gasteiger partial charge >= 0.3 is 13.1 Å². The molecule has 9 heteroatoms. The van der Waals surface area contributed by atoms with Crippen LogP contribution in [0.2, 0.25) is 11.3 Å². The Kier molecular flexibility index (Phi) is 8.51. The lowest BCUT2D eigenvalue weighted by molar-refractivity contribution is -0.145. The predicted molar refractivity (Wildman–Crippen MR) is 102 cm³/mol. The normalized spacial score (nSPS) is 19.2. The summed E-state index contributed by atoms with van der Waals surface area (Å²) in [5, 5.41) is 28.1. The van der Waals surface area contributed by atoms with Gasteiger partial charge in [0.25, 0.3) is 0 Å². The average Bonchev–Trinajstić information content (AvgIpc) is 3.02. The van der Waals surface area contributed by atoms with Crippen molar-refractivity contribution >= 4 is 42.8 Å². The van der Waals surface area contributed by atoms with Crippen molar-refractivity contribution in [3.63, 3.8) is 0 Å². The summed E-state index contributed by atoms with van der Waals surface area (Å²) in [5.74, 6) is -1.14. The lowest BCUT2D eigenvalue weighted by Gasteiger charge is -2.31. The number of anilines is 1. The maximum absolute atomic E-state index is 11.8. The molecule has 1 aliphatic rings. The minimum atomic E-state index is -1.35. The molecule has 0 saturated carbocycles. The van der Waals surface area contributed by atoms with E-state index in [1.54, 1.807) is 0 Å². The lowest BCUT2D eigenvalue weighted by atomic mass is 9.77. The van der Waals surface area contributed by atoms with E-state index in [1.165, 1.54) is 0 Å². The van der Waals surface area contributed by atoms with E-state index >= 15 is 0 Å². The van der Waals surface area contributed by atoms with Gasteiger partial charge in [-0.15, -0.1) is 12.4 Å². The second-order valence-corrected chi connectivity index (χ2v) is 6.92. The number of rotatable bonds is 8. The van der Waals surface area contributed by atoms with Crippen molar-refractivity contribution in [2.45, 2.75) is 37.5 Å². The summed E-state index contributed by atoms with van der Waals surface area (Å²) < 4.78 is 0. The molecule has 2 rings (SSSR count). The summed E-state index contributed by atoms with van der Waals surface area (Å²) in [5.41, 5.74) is 5.98. The minimum absolute atomic E-state index is 0. The van der Waals surface area contributed by atoms with Gasteiger partial charge in [-0.25, -0.2) is 0 Å². The molecule has 5 N–H and O–H groups in total. The van der Waals surface area contributed by atoms with E-state index < -0.39 is 18.6 Å². The number of carbonyl (C=O) groups is 1. The van der Waals surface area contributed by atoms with Crippen molar-refractivity contribution in [2.24, 2.45) is 11.7 Å². The first-order valence-electron chi connectivity index (χ1n) is 8.22. The highest BCUT2D eigenvalue weighted by Gasteiger charge is 2.44. The summed E-state index contributed by atoms with van der Waals surface area (Å²) in [4.78, 5) is 13.9. The van der Waals surface area contributed by atoms with Crippen LogP contribution in [0.25, 0.3) is 0 Å². The van der Waals surface area contributed by atoms with Gasteiger partial charge in [-0.2, -0.15) is 0 Å². The summed E-state index contributed by atoms with van der Waals surface area (Å²) in [7, 11) is -1.35. The first-order chi connectivity index (χ1) is 11.3. The lowest BCUT2D eigenvalue weighted by Crippen LogP contribution is -2.55. The molecule has 0 amide bonds. The smallest absolute Gasteiger partial charge is 0.451 e. The molecule has 1 aliphatic heterocycles. The molecule has 0 aliphatic carbocycles. The zero-order chi connectivity index (χ0) is 17.7. The van der Waals surface area contributed by atoms with Crippen LogP contribution in [0.4, 0.5) is 5.69 Å². The zero-order valence-electron chi connectivity index (χ0n) is 14.0. The molecular weight excluding hydrogens is 366 g/mol. The number of carboxylic acids is 1. The molecule has 25 heavy (non-hydrogen) atoms. The van der Waals surface area contributed by atoms with Crippen molar-refractivity contribution in [2.75, 3.05) is 18.0 Å². The predicted octanol–water partition coefficient (Wildman–Crippen LogP) is 2.01. The van der Waals surface area contributed by atoms with Gasteiger partial charge in [-0.05, 0) is 43.4 Å². The molecule has 2 atom stereocenters. The Morgan fingerprint density at radius 2 is 1.96 bits per heavy atom. The fraction of sp³-hybridized carbons (Fsp3) is 0.562. The van der Waals surface area contributed by atoms with Crippen molar-refractivity contribution in [1.82, 2.24) is 0 Å². The molecule has 0 radical (unpaired) electrons. The molecular formula is C16H25BCl2N2O4. The van der Waals surface area contributed by atoms with Crippen molar-refractivity contribution in [1.29, 1.82) is 0 Å². The van der Waals surface area contributed by atoms with E-state index in [0.717, 1.165) is 12.2 Å². The Morgan fingerprint density at radius 3 is 2.52 bits per heavy atom. The van der Waals surface area contributed by atoms with E-state index in [0.29, 0.717) is 37.3 Å². The number of halogens is 2. The fourth-order valence-electron chi connectivity index (χ4n) is 3.30. The maximum atomic E-state index is 11.8. The van der Waals surface area contributed by atoms with Crippen molar-refractivity contribution in [3.8, 4) is 0 Å². The summed E-state index contributed by atoms with van der Waals surface area (Å²) in [6, 6.07) is 7.48. The average molecular weight is 391 g/mol. The minimum Gasteiger partial charge on any atom is -0.480 e. The SMILES string of the molecule is Cl.N[C@@](CCCCB(O)O)(C(=O)O)C1CCN(c2ccc(Cl)cc2)C1. The van der Waals surface area contributed by atoms with Crippen LogP contribution in [-0.2, 0) is 4.79 Å². The van der Waals surface area contributed by atoms with Gasteiger partial charge in [0.1, 0.15) is 5.54 Å². The molecule has 0 bridgehead atoms. The highest BCUT2D eigenvalue weighted by atomic mass is 35.5. The first kappa shape index (κ1) is 22.1. The van der Waals surface area contributed by atoms with Gasteiger partial charge < -0.3 is 25.8 Å². The van der Waals surface area contributed by atoms with E-state index in [4.69, 9.17) is 27.4 Å². The largest absolute Gasteiger partial charge is 0.480 e. The molecule has 1 unspecified atom stereocenters. The van der Waals surface area contributed by atoms with Crippen LogP contribution in [0.3, 0.4) is 0 Å². The van der Waals surface area contributed by atoms with Gasteiger partial charge in [-0.1, -0.05) is 24.4 Å². The number of hydrogen-bond acceptors (Lipinski definition) is 5. The second-order valence-electron chi connectivity index (χ2n) is 6.48. The standard InChI is InChI=1S/C16H24BClN2O4.ClH/c18-13-3-5-14(6-4-13)20-10-7-12(11-20)16(19,15(21)22)8-1-2-9-17(23)24;/h3-6,12,23-24H,1-2,7-11,19H2,(H,21,22);1H/t12?,16-;/m1./s1. The molecule has 1 aromatic rings. The van der Waals surface area contributed by atoms with Gasteiger partial charge in [-0.3, -0.25) is 4.79 Å². The third-order valence-corrected chi connectivity index (χ3v) is 5.06. The van der Waals surface area contributed by atoms with E-state index in [2.05, 4.69) is 4.90 Å². The van der Waals surface area contributed by atoms with E-state index in [-0.39, 0.29) is 24.6 Å². The van der Waals surface area contributed by atoms with Crippen molar-refractivity contribution < 1.29 is 19.9 Å². The molecule has 1 fully saturated rings. The number of nitrogens with two attached hydrogens (primary N) is 1. The topological polar surface area (TPSA) is 107 Å². The number of nitrogens with zero attached hydrogens (tertiary/aromatic N) is 1. The Balaban J connectivity index is 0.00000312. The van der Waals surface area contributed by atoms with Crippen LogP contribution in [0.1, 0.15) is 25.7 Å². The molecule has 140 valence electrons. The quantitative estimate of drug-likeness (QED) is 0.399. The summed E-state index contributed by atoms with van der Waals surface area (Å²) >= 11 is 5.90. The van der Waals surface area contributed by atoms with Gasteiger partial charge in [0.15, 0.2) is 0 Å². The molecule has 0 spiro atoms. The number of aliphatic carboxylic acids is 1. The van der Waals surface area contributed by atoms with Crippen LogP contribution in [-0.4, -0.2) is 46.9 Å². The van der Waals surface area contributed by atoms with Crippen molar-refractivity contribution in [3.05, 3.63) is 29.3 Å². The highest BCUT2D eigenvalue weighted by molar-refractivity contribution is 6.40.